The van der Waals surface area contributed by atoms with Crippen molar-refractivity contribution in [1.29, 1.82) is 0 Å². The lowest BCUT2D eigenvalue weighted by Crippen LogP contribution is -2.41. The Morgan fingerprint density at radius 1 is 0.789 bits per heavy atom. The van der Waals surface area contributed by atoms with E-state index in [2.05, 4.69) is 17.4 Å². The lowest BCUT2D eigenvalue weighted by Gasteiger charge is -2.24. The van der Waals surface area contributed by atoms with Gasteiger partial charge in [-0.15, -0.1) is 0 Å². The second kappa shape index (κ2) is 14.1. The highest BCUT2D eigenvalue weighted by Gasteiger charge is 2.16. The first kappa shape index (κ1) is 27.0. The van der Waals surface area contributed by atoms with Crippen LogP contribution in [0.4, 0.5) is 10.5 Å². The average Bonchev–Trinajstić information content (AvgIpc) is 2.94. The van der Waals surface area contributed by atoms with Crippen molar-refractivity contribution in [1.82, 2.24) is 5.32 Å². The number of esters is 1. The average molecular weight is 525 g/mol. The minimum atomic E-state index is -0.229. The molecule has 0 radical (unpaired) electrons. The van der Waals surface area contributed by atoms with Crippen LogP contribution < -0.4 is 15.0 Å². The molecule has 0 aliphatic rings. The molecule has 0 aliphatic carbocycles. The van der Waals surface area contributed by atoms with Crippen LogP contribution in [0.25, 0.3) is 0 Å². The Balaban J connectivity index is 1.50. The van der Waals surface area contributed by atoms with E-state index in [1.807, 2.05) is 97.9 Å². The van der Waals surface area contributed by atoms with Crippen LogP contribution in [0.5, 0.6) is 5.75 Å². The van der Waals surface area contributed by atoms with Gasteiger partial charge in [-0.05, 0) is 60.4 Å². The van der Waals surface area contributed by atoms with Gasteiger partial charge in [0.05, 0.1) is 0 Å². The van der Waals surface area contributed by atoms with E-state index in [9.17, 15) is 9.59 Å². The summed E-state index contributed by atoms with van der Waals surface area (Å²) in [5, 5.41) is 3.07. The van der Waals surface area contributed by atoms with Gasteiger partial charge in [-0.2, -0.15) is 0 Å². The van der Waals surface area contributed by atoms with E-state index in [-0.39, 0.29) is 12.0 Å². The summed E-state index contributed by atoms with van der Waals surface area (Å²) < 4.78 is 5.45. The zero-order valence-electron chi connectivity index (χ0n) is 21.5. The minimum Gasteiger partial charge on any atom is -0.426 e. The van der Waals surface area contributed by atoms with Gasteiger partial charge in [-0.25, -0.2) is 4.79 Å². The Bertz CT molecular complexity index is 1330. The second-order valence-electron chi connectivity index (χ2n) is 8.83. The topological polar surface area (TPSA) is 58.6 Å². The predicted molar refractivity (Wildman–Crippen MR) is 154 cm³/mol. The van der Waals surface area contributed by atoms with E-state index in [1.54, 1.807) is 22.7 Å². The van der Waals surface area contributed by atoms with E-state index in [1.165, 1.54) is 5.56 Å². The Morgan fingerprint density at radius 2 is 1.45 bits per heavy atom. The molecular weight excluding hydrogens is 492 g/mol. The third-order valence-electron chi connectivity index (χ3n) is 5.85. The number of rotatable bonds is 11. The minimum absolute atomic E-state index is 0.142. The smallest absolute Gasteiger partial charge is 0.322 e. The maximum Gasteiger partial charge on any atom is 0.322 e. The lowest BCUT2D eigenvalue weighted by molar-refractivity contribution is -0.134. The van der Waals surface area contributed by atoms with E-state index in [0.29, 0.717) is 25.3 Å². The van der Waals surface area contributed by atoms with Gasteiger partial charge in [-0.3, -0.25) is 9.69 Å². The number of hydrogen-bond donors (Lipinski definition) is 1. The summed E-state index contributed by atoms with van der Waals surface area (Å²) >= 11 is 1.56. The third-order valence-corrected chi connectivity index (χ3v) is 6.83. The summed E-state index contributed by atoms with van der Waals surface area (Å²) in [6.07, 6.45) is 1.88. The van der Waals surface area contributed by atoms with Gasteiger partial charge in [0.1, 0.15) is 5.75 Å². The van der Waals surface area contributed by atoms with Crippen LogP contribution in [0.2, 0.25) is 0 Å². The molecule has 194 valence electrons. The number of ether oxygens (including phenoxy) is 1. The predicted octanol–water partition coefficient (Wildman–Crippen LogP) is 7.50. The monoisotopic (exact) mass is 524 g/mol. The summed E-state index contributed by atoms with van der Waals surface area (Å²) in [4.78, 5) is 29.0. The van der Waals surface area contributed by atoms with Crippen molar-refractivity contribution >= 4 is 29.4 Å². The van der Waals surface area contributed by atoms with Crippen molar-refractivity contribution in [2.45, 2.75) is 42.5 Å². The molecule has 0 saturated carbocycles. The van der Waals surface area contributed by atoms with E-state index >= 15 is 0 Å². The van der Waals surface area contributed by atoms with Crippen LogP contribution in [-0.2, 0) is 17.8 Å². The molecule has 0 fully saturated rings. The van der Waals surface area contributed by atoms with Crippen molar-refractivity contribution in [3.05, 3.63) is 120 Å². The van der Waals surface area contributed by atoms with Crippen molar-refractivity contribution in [2.75, 3.05) is 11.4 Å². The summed E-state index contributed by atoms with van der Waals surface area (Å²) in [7, 11) is 0. The van der Waals surface area contributed by atoms with Crippen LogP contribution in [0, 0.1) is 0 Å². The molecule has 5 nitrogen and oxygen atoms in total. The van der Waals surface area contributed by atoms with Gasteiger partial charge in [0, 0.05) is 35.0 Å². The number of hydrogen-bond acceptors (Lipinski definition) is 4. The molecule has 4 rings (SSSR count). The number of anilines is 1. The summed E-state index contributed by atoms with van der Waals surface area (Å²) in [6, 6.07) is 35.4. The summed E-state index contributed by atoms with van der Waals surface area (Å²) in [5.74, 6) is 0.307. The Kier molecular flexibility index (Phi) is 9.99. The first-order chi connectivity index (χ1) is 18.6. The molecule has 0 saturated heterocycles. The molecule has 4 aromatic carbocycles. The molecule has 38 heavy (non-hydrogen) atoms. The molecule has 0 atom stereocenters. The highest BCUT2D eigenvalue weighted by molar-refractivity contribution is 7.99. The molecule has 0 spiro atoms. The van der Waals surface area contributed by atoms with Gasteiger partial charge in [-0.1, -0.05) is 91.5 Å². The van der Waals surface area contributed by atoms with Gasteiger partial charge in [0.15, 0.2) is 0 Å². The van der Waals surface area contributed by atoms with E-state index in [0.717, 1.165) is 33.9 Å². The molecule has 1 N–H and O–H groups in total. The Hall–Kier alpha value is -4.03. The van der Waals surface area contributed by atoms with Crippen molar-refractivity contribution in [2.24, 2.45) is 0 Å². The molecular formula is C32H32N2O3S. The molecule has 4 aromatic rings. The zero-order valence-corrected chi connectivity index (χ0v) is 22.3. The number of carbonyl (C=O) groups is 2. The molecule has 2 amide bonds. The number of carbonyl (C=O) groups excluding carboxylic acids is 2. The standard InChI is InChI=1S/C32H32N2O3S/c1-2-11-31(35)37-28-17-10-19-30(23-28)38-29-18-9-16-27(22-29)34(21-20-25-12-5-3-6-13-25)32(36)33-24-26-14-7-4-8-15-26/h3-10,12-19,22-23H,2,11,20-21,24H2,1H3,(H,33,36). The number of nitrogens with zero attached hydrogens (tertiary/aromatic N) is 1. The van der Waals surface area contributed by atoms with Crippen LogP contribution >= 0.6 is 11.8 Å². The molecule has 6 heteroatoms. The molecule has 0 aliphatic heterocycles. The van der Waals surface area contributed by atoms with Crippen molar-refractivity contribution in [3.63, 3.8) is 0 Å². The molecule has 0 bridgehead atoms. The van der Waals surface area contributed by atoms with Crippen LogP contribution in [-0.4, -0.2) is 18.5 Å². The number of nitrogens with one attached hydrogen (secondary N) is 1. The van der Waals surface area contributed by atoms with Crippen molar-refractivity contribution in [3.8, 4) is 5.75 Å². The summed E-state index contributed by atoms with van der Waals surface area (Å²) in [5.41, 5.74) is 3.04. The fourth-order valence-electron chi connectivity index (χ4n) is 3.94. The highest BCUT2D eigenvalue weighted by Crippen LogP contribution is 2.32. The number of amides is 2. The number of benzene rings is 4. The van der Waals surface area contributed by atoms with Gasteiger partial charge in [0.2, 0.25) is 0 Å². The first-order valence-corrected chi connectivity index (χ1v) is 13.6. The van der Waals surface area contributed by atoms with Crippen LogP contribution in [0.3, 0.4) is 0 Å². The van der Waals surface area contributed by atoms with E-state index < -0.39 is 0 Å². The lowest BCUT2D eigenvalue weighted by atomic mass is 10.1. The Labute approximate surface area is 228 Å². The maximum atomic E-state index is 13.4. The molecule has 0 unspecified atom stereocenters. The molecule has 0 aromatic heterocycles. The molecule has 0 heterocycles. The Morgan fingerprint density at radius 3 is 2.16 bits per heavy atom. The van der Waals surface area contributed by atoms with Crippen LogP contribution in [0.1, 0.15) is 30.9 Å². The zero-order chi connectivity index (χ0) is 26.6. The third kappa shape index (κ3) is 8.25. The quantitative estimate of drug-likeness (QED) is 0.163. The van der Waals surface area contributed by atoms with Crippen LogP contribution in [0.15, 0.2) is 119 Å². The van der Waals surface area contributed by atoms with Crippen molar-refractivity contribution < 1.29 is 14.3 Å². The highest BCUT2D eigenvalue weighted by atomic mass is 32.2. The fraction of sp³-hybridized carbons (Fsp3) is 0.188. The van der Waals surface area contributed by atoms with E-state index in [4.69, 9.17) is 4.74 Å². The number of urea groups is 1. The first-order valence-electron chi connectivity index (χ1n) is 12.8. The fourth-order valence-corrected chi connectivity index (χ4v) is 4.86. The van der Waals surface area contributed by atoms with Gasteiger partial charge >= 0.3 is 12.0 Å². The van der Waals surface area contributed by atoms with Gasteiger partial charge < -0.3 is 10.1 Å². The SMILES string of the molecule is CCCC(=O)Oc1cccc(Sc2cccc(N(CCc3ccccc3)C(=O)NCc3ccccc3)c2)c1. The maximum absolute atomic E-state index is 13.4. The van der Waals surface area contributed by atoms with Gasteiger partial charge in [0.25, 0.3) is 0 Å². The largest absolute Gasteiger partial charge is 0.426 e. The summed E-state index contributed by atoms with van der Waals surface area (Å²) in [6.45, 7) is 2.95. The normalized spacial score (nSPS) is 10.6. The second-order valence-corrected chi connectivity index (χ2v) is 9.98.